The third kappa shape index (κ3) is 3.29. The molecule has 2 atom stereocenters. The van der Waals surface area contributed by atoms with Crippen LogP contribution >= 0.6 is 0 Å². The summed E-state index contributed by atoms with van der Waals surface area (Å²) in [6.45, 7) is 8.18. The van der Waals surface area contributed by atoms with E-state index in [1.807, 2.05) is 32.0 Å². The third-order valence-corrected chi connectivity index (χ3v) is 4.91. The van der Waals surface area contributed by atoms with E-state index in [1.54, 1.807) is 0 Å². The summed E-state index contributed by atoms with van der Waals surface area (Å²) in [7, 11) is 0. The van der Waals surface area contributed by atoms with Crippen molar-refractivity contribution >= 4 is 5.91 Å². The molecule has 1 fully saturated rings. The number of carbonyl (C=O) groups excluding carboxylic acids is 1. The maximum atomic E-state index is 12.8. The zero-order chi connectivity index (χ0) is 16.4. The molecule has 23 heavy (non-hydrogen) atoms. The van der Waals surface area contributed by atoms with E-state index in [9.17, 15) is 4.79 Å². The molecule has 5 nitrogen and oxygen atoms in total. The Labute approximate surface area is 137 Å². The predicted octanol–water partition coefficient (Wildman–Crippen LogP) is 1.99. The summed E-state index contributed by atoms with van der Waals surface area (Å²) in [5.74, 6) is 1.53. The van der Waals surface area contributed by atoms with Crippen LogP contribution in [0.15, 0.2) is 18.2 Å². The first-order chi connectivity index (χ1) is 11.0. The third-order valence-electron chi connectivity index (χ3n) is 4.91. The second-order valence-corrected chi connectivity index (χ2v) is 6.95. The molecular formula is C18H26N2O3. The van der Waals surface area contributed by atoms with Crippen molar-refractivity contribution in [1.82, 2.24) is 10.6 Å². The fourth-order valence-electron chi connectivity index (χ4n) is 3.15. The Morgan fingerprint density at radius 1 is 1.26 bits per heavy atom. The van der Waals surface area contributed by atoms with Gasteiger partial charge in [-0.3, -0.25) is 4.79 Å². The number of carbonyl (C=O) groups is 1. The Morgan fingerprint density at radius 2 is 2.00 bits per heavy atom. The van der Waals surface area contributed by atoms with Gasteiger partial charge >= 0.3 is 0 Å². The van der Waals surface area contributed by atoms with Gasteiger partial charge in [0, 0.05) is 12.1 Å². The lowest BCUT2D eigenvalue weighted by Gasteiger charge is -2.34. The van der Waals surface area contributed by atoms with Gasteiger partial charge in [0.1, 0.15) is 13.2 Å². The van der Waals surface area contributed by atoms with Gasteiger partial charge in [-0.15, -0.1) is 0 Å². The van der Waals surface area contributed by atoms with Crippen LogP contribution in [0.5, 0.6) is 11.5 Å². The normalized spacial score (nSPS) is 24.1. The second kappa shape index (κ2) is 6.40. The molecule has 126 valence electrons. The highest BCUT2D eigenvalue weighted by Crippen LogP contribution is 2.35. The molecule has 2 unspecified atom stereocenters. The Balaban J connectivity index is 1.75. The van der Waals surface area contributed by atoms with E-state index in [0.29, 0.717) is 19.3 Å². The van der Waals surface area contributed by atoms with Gasteiger partial charge < -0.3 is 20.1 Å². The molecule has 1 amide bonds. The van der Waals surface area contributed by atoms with Crippen LogP contribution in [0.1, 0.15) is 39.2 Å². The monoisotopic (exact) mass is 318 g/mol. The molecule has 5 heteroatoms. The number of piperidine rings is 1. The summed E-state index contributed by atoms with van der Waals surface area (Å²) < 4.78 is 11.2. The average molecular weight is 318 g/mol. The molecule has 1 saturated heterocycles. The largest absolute Gasteiger partial charge is 0.486 e. The van der Waals surface area contributed by atoms with Crippen molar-refractivity contribution < 1.29 is 14.3 Å². The van der Waals surface area contributed by atoms with Crippen LogP contribution in [0, 0.1) is 0 Å². The molecule has 0 aliphatic carbocycles. The standard InChI is InChI=1S/C18H26N2O3/c1-12-14(5-4-8-19-12)20-17(21)18(2,3)13-6-7-15-16(11-13)23-10-9-22-15/h6-7,11-12,14,19H,4-5,8-10H2,1-3H3,(H,20,21). The van der Waals surface area contributed by atoms with Crippen LogP contribution in [0.3, 0.4) is 0 Å². The molecule has 3 rings (SSSR count). The number of rotatable bonds is 3. The molecule has 0 aromatic heterocycles. The van der Waals surface area contributed by atoms with Crippen LogP contribution in [0.4, 0.5) is 0 Å². The van der Waals surface area contributed by atoms with Crippen molar-refractivity contribution in [2.45, 2.75) is 51.1 Å². The van der Waals surface area contributed by atoms with Crippen LogP contribution < -0.4 is 20.1 Å². The maximum absolute atomic E-state index is 12.8. The molecule has 2 N–H and O–H groups in total. The summed E-state index contributed by atoms with van der Waals surface area (Å²) >= 11 is 0. The summed E-state index contributed by atoms with van der Waals surface area (Å²) in [5, 5.41) is 6.63. The fraction of sp³-hybridized carbons (Fsp3) is 0.611. The lowest BCUT2D eigenvalue weighted by atomic mass is 9.82. The van der Waals surface area contributed by atoms with Crippen LogP contribution in [0.25, 0.3) is 0 Å². The zero-order valence-corrected chi connectivity index (χ0v) is 14.1. The summed E-state index contributed by atoms with van der Waals surface area (Å²) in [5.41, 5.74) is 0.322. The zero-order valence-electron chi connectivity index (χ0n) is 14.1. The molecule has 0 bridgehead atoms. The molecule has 0 saturated carbocycles. The first-order valence-corrected chi connectivity index (χ1v) is 8.43. The minimum absolute atomic E-state index is 0.0507. The van der Waals surface area contributed by atoms with Crippen molar-refractivity contribution in [2.24, 2.45) is 0 Å². The van der Waals surface area contributed by atoms with Gasteiger partial charge in [-0.1, -0.05) is 6.07 Å². The average Bonchev–Trinajstić information content (AvgIpc) is 2.56. The quantitative estimate of drug-likeness (QED) is 0.895. The highest BCUT2D eigenvalue weighted by Gasteiger charge is 2.34. The summed E-state index contributed by atoms with van der Waals surface area (Å²) in [4.78, 5) is 12.8. The highest BCUT2D eigenvalue weighted by atomic mass is 16.6. The van der Waals surface area contributed by atoms with Crippen LogP contribution in [-0.4, -0.2) is 37.7 Å². The summed E-state index contributed by atoms with van der Waals surface area (Å²) in [6.07, 6.45) is 2.12. The number of fused-ring (bicyclic) bond motifs is 1. The Morgan fingerprint density at radius 3 is 2.74 bits per heavy atom. The number of nitrogens with one attached hydrogen (secondary N) is 2. The van der Waals surface area contributed by atoms with Gasteiger partial charge in [0.15, 0.2) is 11.5 Å². The molecule has 2 aliphatic heterocycles. The summed E-state index contributed by atoms with van der Waals surface area (Å²) in [6, 6.07) is 6.27. The van der Waals surface area contributed by atoms with Gasteiger partial charge in [-0.05, 0) is 57.9 Å². The van der Waals surface area contributed by atoms with Crippen molar-refractivity contribution in [3.63, 3.8) is 0 Å². The minimum atomic E-state index is -0.618. The topological polar surface area (TPSA) is 59.6 Å². The number of amides is 1. The Hall–Kier alpha value is -1.75. The van der Waals surface area contributed by atoms with Crippen LogP contribution in [-0.2, 0) is 10.2 Å². The van der Waals surface area contributed by atoms with Crippen molar-refractivity contribution in [3.8, 4) is 11.5 Å². The van der Waals surface area contributed by atoms with Gasteiger partial charge in [0.2, 0.25) is 5.91 Å². The molecule has 1 aromatic carbocycles. The predicted molar refractivity (Wildman–Crippen MR) is 89.1 cm³/mol. The van der Waals surface area contributed by atoms with E-state index in [0.717, 1.165) is 36.4 Å². The smallest absolute Gasteiger partial charge is 0.230 e. The number of ether oxygens (including phenoxy) is 2. The fourth-order valence-corrected chi connectivity index (χ4v) is 3.15. The molecule has 1 aromatic rings. The number of hydrogen-bond donors (Lipinski definition) is 2. The van der Waals surface area contributed by atoms with Gasteiger partial charge in [0.05, 0.1) is 5.41 Å². The molecular weight excluding hydrogens is 292 g/mol. The second-order valence-electron chi connectivity index (χ2n) is 6.95. The van der Waals surface area contributed by atoms with Crippen molar-refractivity contribution in [3.05, 3.63) is 23.8 Å². The van der Waals surface area contributed by atoms with E-state index < -0.39 is 5.41 Å². The first kappa shape index (κ1) is 16.1. The van der Waals surface area contributed by atoms with Gasteiger partial charge in [0.25, 0.3) is 0 Å². The number of benzene rings is 1. The SMILES string of the molecule is CC1NCCCC1NC(=O)C(C)(C)c1ccc2c(c1)OCCO2. The van der Waals surface area contributed by atoms with E-state index in [-0.39, 0.29) is 11.9 Å². The van der Waals surface area contributed by atoms with E-state index >= 15 is 0 Å². The highest BCUT2D eigenvalue weighted by molar-refractivity contribution is 5.87. The molecule has 2 aliphatic rings. The van der Waals surface area contributed by atoms with E-state index in [4.69, 9.17) is 9.47 Å². The van der Waals surface area contributed by atoms with E-state index in [1.165, 1.54) is 0 Å². The van der Waals surface area contributed by atoms with Crippen molar-refractivity contribution in [1.29, 1.82) is 0 Å². The first-order valence-electron chi connectivity index (χ1n) is 8.43. The van der Waals surface area contributed by atoms with E-state index in [2.05, 4.69) is 17.6 Å². The minimum Gasteiger partial charge on any atom is -0.486 e. The van der Waals surface area contributed by atoms with Crippen LogP contribution in [0.2, 0.25) is 0 Å². The molecule has 2 heterocycles. The lowest BCUT2D eigenvalue weighted by molar-refractivity contribution is -0.126. The van der Waals surface area contributed by atoms with Gasteiger partial charge in [-0.2, -0.15) is 0 Å². The van der Waals surface area contributed by atoms with Gasteiger partial charge in [-0.25, -0.2) is 0 Å². The lowest BCUT2D eigenvalue weighted by Crippen LogP contribution is -2.55. The molecule has 0 spiro atoms. The Bertz CT molecular complexity index is 586. The Kier molecular flexibility index (Phi) is 4.48. The maximum Gasteiger partial charge on any atom is 0.230 e. The number of hydrogen-bond acceptors (Lipinski definition) is 4. The van der Waals surface area contributed by atoms with Crippen molar-refractivity contribution in [2.75, 3.05) is 19.8 Å². The molecule has 0 radical (unpaired) electrons.